The first-order chi connectivity index (χ1) is 18.5. The lowest BCUT2D eigenvalue weighted by atomic mass is 10.0. The molecule has 0 aromatic carbocycles. The molecule has 1 N–H and O–H groups in total. The fourth-order valence-electron chi connectivity index (χ4n) is 5.89. The second-order valence-corrected chi connectivity index (χ2v) is 20.7. The standard InChI is InChI=1S/C26H44N2O10Si2/c1-15(2)39(16(3)4)34-13-21-23(37-40(38-39,17(5)6)18(7)8)24(35-20(10)30)26(36-21,14-33-19(9)29)28-12-11-22(31)27-25(28)32/h11-12,15-18,21,23-24H,13-14H2,1-10H3,(H,27,31,32)/t21-,23-,24-,26-/m1/s1. The fraction of sp³-hybridized carbons (Fsp3) is 0.769. The van der Waals surface area contributed by atoms with Gasteiger partial charge in [-0.3, -0.25) is 23.9 Å². The van der Waals surface area contributed by atoms with Crippen molar-refractivity contribution in [2.75, 3.05) is 13.2 Å². The molecular formula is C26H44N2O10Si2. The maximum Gasteiger partial charge on any atom is 0.335 e. The van der Waals surface area contributed by atoms with E-state index in [1.54, 1.807) is 0 Å². The van der Waals surface area contributed by atoms with Crippen molar-refractivity contribution in [3.63, 3.8) is 0 Å². The lowest BCUT2D eigenvalue weighted by Gasteiger charge is -2.51. The Labute approximate surface area is 237 Å². The number of esters is 2. The molecular weight excluding hydrogens is 556 g/mol. The van der Waals surface area contributed by atoms with Gasteiger partial charge in [-0.25, -0.2) is 4.79 Å². The van der Waals surface area contributed by atoms with Crippen molar-refractivity contribution in [3.05, 3.63) is 33.1 Å². The summed E-state index contributed by atoms with van der Waals surface area (Å²) < 4.78 is 40.0. The number of aromatic amines is 1. The van der Waals surface area contributed by atoms with Crippen LogP contribution in [0.2, 0.25) is 22.2 Å². The van der Waals surface area contributed by atoms with Gasteiger partial charge in [0.15, 0.2) is 6.10 Å². The van der Waals surface area contributed by atoms with Crippen LogP contribution >= 0.6 is 0 Å². The minimum Gasteiger partial charge on any atom is -0.461 e. The van der Waals surface area contributed by atoms with E-state index < -0.39 is 71.0 Å². The first-order valence-electron chi connectivity index (χ1n) is 13.8. The first kappa shape index (κ1) is 32.4. The Morgan fingerprint density at radius 3 is 2.05 bits per heavy atom. The van der Waals surface area contributed by atoms with Gasteiger partial charge in [0.25, 0.3) is 5.56 Å². The number of nitrogens with one attached hydrogen (secondary N) is 1. The monoisotopic (exact) mass is 600 g/mol. The third-order valence-corrected chi connectivity index (χ3v) is 18.1. The van der Waals surface area contributed by atoms with Crippen molar-refractivity contribution >= 4 is 29.1 Å². The second-order valence-electron chi connectivity index (χ2n) is 11.8. The van der Waals surface area contributed by atoms with Crippen LogP contribution in [0, 0.1) is 0 Å². The topological polar surface area (TPSA) is 144 Å². The summed E-state index contributed by atoms with van der Waals surface area (Å²) >= 11 is 0. The number of carbonyl (C=O) groups is 2. The van der Waals surface area contributed by atoms with E-state index in [9.17, 15) is 19.2 Å². The van der Waals surface area contributed by atoms with Gasteiger partial charge in [0.05, 0.1) is 6.61 Å². The van der Waals surface area contributed by atoms with Crippen LogP contribution in [0.5, 0.6) is 0 Å². The van der Waals surface area contributed by atoms with Gasteiger partial charge in [-0.15, -0.1) is 0 Å². The molecule has 0 radical (unpaired) electrons. The Morgan fingerprint density at radius 1 is 1.00 bits per heavy atom. The average molecular weight is 601 g/mol. The van der Waals surface area contributed by atoms with Gasteiger partial charge < -0.3 is 27.2 Å². The largest absolute Gasteiger partial charge is 0.461 e. The molecule has 0 unspecified atom stereocenters. The molecule has 0 saturated carbocycles. The lowest BCUT2D eigenvalue weighted by Crippen LogP contribution is -2.66. The summed E-state index contributed by atoms with van der Waals surface area (Å²) in [4.78, 5) is 51.8. The molecule has 2 fully saturated rings. The third kappa shape index (κ3) is 5.79. The number of hydrogen-bond donors (Lipinski definition) is 1. The summed E-state index contributed by atoms with van der Waals surface area (Å²) in [6, 6.07) is 1.14. The van der Waals surface area contributed by atoms with Crippen LogP contribution in [-0.4, -0.2) is 70.1 Å². The fourth-order valence-corrected chi connectivity index (χ4v) is 17.1. The van der Waals surface area contributed by atoms with E-state index in [-0.39, 0.29) is 28.8 Å². The van der Waals surface area contributed by atoms with Crippen LogP contribution in [0.4, 0.5) is 0 Å². The molecule has 0 amide bonds. The molecule has 14 heteroatoms. The molecule has 2 aliphatic rings. The molecule has 12 nitrogen and oxygen atoms in total. The molecule has 0 bridgehead atoms. The van der Waals surface area contributed by atoms with Gasteiger partial charge in [-0.2, -0.15) is 0 Å². The quantitative estimate of drug-likeness (QED) is 0.349. The summed E-state index contributed by atoms with van der Waals surface area (Å²) in [5.74, 6) is -1.29. The molecule has 1 aromatic rings. The highest BCUT2D eigenvalue weighted by Gasteiger charge is 2.66. The molecule has 226 valence electrons. The number of nitrogens with zero attached hydrogens (tertiary/aromatic N) is 1. The van der Waals surface area contributed by atoms with Crippen LogP contribution < -0.4 is 11.2 Å². The van der Waals surface area contributed by atoms with Gasteiger partial charge >= 0.3 is 34.8 Å². The Hall–Kier alpha value is -2.11. The molecule has 0 aliphatic carbocycles. The smallest absolute Gasteiger partial charge is 0.335 e. The molecule has 40 heavy (non-hydrogen) atoms. The van der Waals surface area contributed by atoms with Crippen LogP contribution in [0.3, 0.4) is 0 Å². The van der Waals surface area contributed by atoms with Gasteiger partial charge in [-0.05, 0) is 22.2 Å². The predicted molar refractivity (Wildman–Crippen MR) is 150 cm³/mol. The highest BCUT2D eigenvalue weighted by Crippen LogP contribution is 2.50. The maximum absolute atomic E-state index is 13.1. The van der Waals surface area contributed by atoms with Crippen LogP contribution in [0.15, 0.2) is 21.9 Å². The van der Waals surface area contributed by atoms with Gasteiger partial charge in [0, 0.05) is 26.1 Å². The van der Waals surface area contributed by atoms with Crippen molar-refractivity contribution < 1.29 is 36.8 Å². The van der Waals surface area contributed by atoms with E-state index in [0.717, 1.165) is 10.6 Å². The number of fused-ring (bicyclic) bond motifs is 1. The van der Waals surface area contributed by atoms with Crippen LogP contribution in [0.1, 0.15) is 69.2 Å². The minimum absolute atomic E-state index is 0.0310. The van der Waals surface area contributed by atoms with E-state index in [4.69, 9.17) is 27.2 Å². The predicted octanol–water partition coefficient (Wildman–Crippen LogP) is 3.04. The van der Waals surface area contributed by atoms with Crippen molar-refractivity contribution in [1.82, 2.24) is 9.55 Å². The van der Waals surface area contributed by atoms with Crippen LogP contribution in [0.25, 0.3) is 0 Å². The Morgan fingerprint density at radius 2 is 1.57 bits per heavy atom. The molecule has 4 atom stereocenters. The summed E-state index contributed by atoms with van der Waals surface area (Å²) in [5, 5.41) is 0. The Balaban J connectivity index is 2.31. The minimum atomic E-state index is -3.18. The number of carbonyl (C=O) groups excluding carboxylic acids is 2. The van der Waals surface area contributed by atoms with Crippen molar-refractivity contribution in [3.8, 4) is 0 Å². The van der Waals surface area contributed by atoms with Crippen molar-refractivity contribution in [2.24, 2.45) is 0 Å². The molecule has 2 saturated heterocycles. The van der Waals surface area contributed by atoms with E-state index in [2.05, 4.69) is 60.4 Å². The zero-order valence-corrected chi connectivity index (χ0v) is 27.1. The number of hydrogen-bond acceptors (Lipinski definition) is 10. The second kappa shape index (κ2) is 12.0. The van der Waals surface area contributed by atoms with Gasteiger partial charge in [0.2, 0.25) is 5.72 Å². The van der Waals surface area contributed by atoms with Crippen molar-refractivity contribution in [2.45, 2.75) is 115 Å². The highest BCUT2D eigenvalue weighted by molar-refractivity contribution is 6.84. The number of aromatic nitrogens is 2. The molecule has 3 rings (SSSR count). The summed E-state index contributed by atoms with van der Waals surface area (Å²) in [5.41, 5.74) is -3.21. The van der Waals surface area contributed by atoms with Crippen LogP contribution in [-0.2, 0) is 42.5 Å². The maximum atomic E-state index is 13.1. The highest BCUT2D eigenvalue weighted by atomic mass is 28.5. The molecule has 2 aliphatic heterocycles. The van der Waals surface area contributed by atoms with E-state index in [1.165, 1.54) is 20.0 Å². The molecule has 0 spiro atoms. The first-order valence-corrected chi connectivity index (χ1v) is 17.8. The summed E-state index contributed by atoms with van der Waals surface area (Å²) in [7, 11) is -6.11. The van der Waals surface area contributed by atoms with Gasteiger partial charge in [0.1, 0.15) is 18.8 Å². The number of H-pyrrole nitrogens is 1. The van der Waals surface area contributed by atoms with Crippen molar-refractivity contribution in [1.29, 1.82) is 0 Å². The zero-order valence-electron chi connectivity index (χ0n) is 25.1. The normalized spacial score (nSPS) is 27.9. The summed E-state index contributed by atoms with van der Waals surface area (Å²) in [6.07, 6.45) is -1.77. The average Bonchev–Trinajstić information content (AvgIpc) is 3.08. The summed E-state index contributed by atoms with van der Waals surface area (Å²) in [6.45, 7) is 18.6. The number of ether oxygens (including phenoxy) is 3. The Kier molecular flexibility index (Phi) is 9.74. The lowest BCUT2D eigenvalue weighted by molar-refractivity contribution is -0.201. The number of rotatable bonds is 8. The van der Waals surface area contributed by atoms with Gasteiger partial charge in [-0.1, -0.05) is 55.4 Å². The SMILES string of the molecule is CC(=O)OC[C@@]1(n2ccc(=O)[nH]c2=O)O[C@@H]2CO[Si](C(C)C)(C(C)C)O[Si](C(C)C)(C(C)C)O[C@H]2[C@H]1OC(C)=O. The molecule has 1 aromatic heterocycles. The third-order valence-electron chi connectivity index (χ3n) is 7.80. The zero-order chi connectivity index (χ0) is 30.2. The van der Waals surface area contributed by atoms with E-state index >= 15 is 0 Å². The van der Waals surface area contributed by atoms with E-state index in [1.807, 2.05) is 0 Å². The molecule has 3 heterocycles. The Bertz CT molecular complexity index is 1180. The van der Waals surface area contributed by atoms with E-state index in [0.29, 0.717) is 0 Å².